The number of esters is 1. The van der Waals surface area contributed by atoms with Crippen LogP contribution in [0.2, 0.25) is 0 Å². The first-order valence-corrected chi connectivity index (χ1v) is 8.47. The van der Waals surface area contributed by atoms with Crippen LogP contribution >= 0.6 is 7.82 Å². The molecule has 0 amide bonds. The predicted molar refractivity (Wildman–Crippen MR) is 78.2 cm³/mol. The Labute approximate surface area is 124 Å². The summed E-state index contributed by atoms with van der Waals surface area (Å²) < 4.78 is 20.2. The van der Waals surface area contributed by atoms with Crippen LogP contribution in [0.25, 0.3) is 0 Å². The molecule has 0 unspecified atom stereocenters. The van der Waals surface area contributed by atoms with Crippen molar-refractivity contribution in [3.63, 3.8) is 0 Å². The summed E-state index contributed by atoms with van der Waals surface area (Å²) in [6.07, 6.45) is 5.38. The minimum Gasteiger partial charge on any atom is -0.462 e. The summed E-state index contributed by atoms with van der Waals surface area (Å²) in [4.78, 5) is 29.0. The molecular weight excluding hydrogens is 295 g/mol. The molecule has 0 aliphatic carbocycles. The van der Waals surface area contributed by atoms with Crippen molar-refractivity contribution in [1.29, 1.82) is 0 Å². The largest absolute Gasteiger partial charge is 0.524 e. The zero-order valence-corrected chi connectivity index (χ0v) is 12.9. The maximum Gasteiger partial charge on any atom is 0.524 e. The summed E-state index contributed by atoms with van der Waals surface area (Å²) in [7, 11) is -4.57. The molecule has 1 aromatic rings. The molecule has 1 aromatic carbocycles. The van der Waals surface area contributed by atoms with Gasteiger partial charge in [0.1, 0.15) is 5.75 Å². The van der Waals surface area contributed by atoms with E-state index in [1.165, 1.54) is 37.1 Å². The van der Waals surface area contributed by atoms with Crippen LogP contribution in [0.3, 0.4) is 0 Å². The molecule has 21 heavy (non-hydrogen) atoms. The van der Waals surface area contributed by atoms with E-state index in [0.29, 0.717) is 12.2 Å². The Kier molecular flexibility index (Phi) is 7.43. The van der Waals surface area contributed by atoms with E-state index in [4.69, 9.17) is 14.5 Å². The van der Waals surface area contributed by atoms with Crippen molar-refractivity contribution in [2.45, 2.75) is 39.0 Å². The van der Waals surface area contributed by atoms with Crippen molar-refractivity contribution in [3.05, 3.63) is 29.8 Å². The first kappa shape index (κ1) is 17.7. The van der Waals surface area contributed by atoms with Crippen LogP contribution in [0.15, 0.2) is 24.3 Å². The highest BCUT2D eigenvalue weighted by Gasteiger charge is 2.16. The first-order chi connectivity index (χ1) is 9.92. The summed E-state index contributed by atoms with van der Waals surface area (Å²) >= 11 is 0. The second-order valence-electron chi connectivity index (χ2n) is 4.66. The second kappa shape index (κ2) is 8.82. The number of carbonyl (C=O) groups is 1. The Morgan fingerprint density at radius 2 is 1.71 bits per heavy atom. The van der Waals surface area contributed by atoms with Crippen LogP contribution in [-0.2, 0) is 9.30 Å². The third kappa shape index (κ3) is 7.85. The molecule has 0 atom stereocenters. The summed E-state index contributed by atoms with van der Waals surface area (Å²) in [5, 5.41) is 0. The molecule has 0 heterocycles. The molecule has 0 aliphatic rings. The van der Waals surface area contributed by atoms with Crippen LogP contribution in [0.1, 0.15) is 49.4 Å². The molecule has 0 radical (unpaired) electrons. The minimum atomic E-state index is -4.57. The second-order valence-corrected chi connectivity index (χ2v) is 5.82. The molecule has 0 bridgehead atoms. The Morgan fingerprint density at radius 1 is 1.10 bits per heavy atom. The maximum atomic E-state index is 11.7. The highest BCUT2D eigenvalue weighted by atomic mass is 31.2. The molecule has 6 nitrogen and oxygen atoms in total. The van der Waals surface area contributed by atoms with Gasteiger partial charge in [-0.1, -0.05) is 32.6 Å². The predicted octanol–water partition coefficient (Wildman–Crippen LogP) is 3.29. The van der Waals surface area contributed by atoms with Crippen molar-refractivity contribution in [2.75, 3.05) is 6.61 Å². The van der Waals surface area contributed by atoms with Crippen LogP contribution < -0.4 is 4.52 Å². The Hall–Kier alpha value is -1.36. The molecule has 7 heteroatoms. The van der Waals surface area contributed by atoms with Gasteiger partial charge in [0, 0.05) is 0 Å². The van der Waals surface area contributed by atoms with E-state index >= 15 is 0 Å². The number of unbranched alkanes of at least 4 members (excludes halogenated alkanes) is 4. The summed E-state index contributed by atoms with van der Waals surface area (Å²) in [6, 6.07) is 5.45. The van der Waals surface area contributed by atoms with Gasteiger partial charge in [0.2, 0.25) is 0 Å². The lowest BCUT2D eigenvalue weighted by molar-refractivity contribution is 0.0497. The highest BCUT2D eigenvalue weighted by molar-refractivity contribution is 7.46. The van der Waals surface area contributed by atoms with Gasteiger partial charge in [-0.25, -0.2) is 9.36 Å². The fraction of sp³-hybridized carbons (Fsp3) is 0.500. The van der Waals surface area contributed by atoms with E-state index in [1.807, 2.05) is 0 Å². The number of benzene rings is 1. The number of carbonyl (C=O) groups excluding carboxylic acids is 1. The summed E-state index contributed by atoms with van der Waals surface area (Å²) in [5.41, 5.74) is 0.321. The average Bonchev–Trinajstić information content (AvgIpc) is 2.41. The van der Waals surface area contributed by atoms with E-state index in [1.54, 1.807) is 0 Å². The van der Waals surface area contributed by atoms with E-state index < -0.39 is 13.8 Å². The lowest BCUT2D eigenvalue weighted by Crippen LogP contribution is -2.06. The van der Waals surface area contributed by atoms with E-state index in [0.717, 1.165) is 19.3 Å². The lowest BCUT2D eigenvalue weighted by atomic mass is 10.2. The molecular formula is C14H21O6P. The fourth-order valence-corrected chi connectivity index (χ4v) is 2.14. The third-order valence-corrected chi connectivity index (χ3v) is 3.24. The first-order valence-electron chi connectivity index (χ1n) is 6.94. The number of rotatable bonds is 9. The molecule has 0 saturated heterocycles. The highest BCUT2D eigenvalue weighted by Crippen LogP contribution is 2.37. The molecule has 2 N–H and O–H groups in total. The minimum absolute atomic E-state index is 0.000510. The van der Waals surface area contributed by atoms with E-state index in [9.17, 15) is 9.36 Å². The number of hydrogen-bond donors (Lipinski definition) is 2. The topological polar surface area (TPSA) is 93.1 Å². The van der Waals surface area contributed by atoms with Crippen LogP contribution in [-0.4, -0.2) is 22.4 Å². The fourth-order valence-electron chi connectivity index (χ4n) is 1.74. The van der Waals surface area contributed by atoms with Gasteiger partial charge in [0.15, 0.2) is 0 Å². The van der Waals surface area contributed by atoms with E-state index in [-0.39, 0.29) is 5.75 Å². The van der Waals surface area contributed by atoms with Gasteiger partial charge in [-0.05, 0) is 30.7 Å². The smallest absolute Gasteiger partial charge is 0.462 e. The molecule has 0 aromatic heterocycles. The van der Waals surface area contributed by atoms with Gasteiger partial charge >= 0.3 is 13.8 Å². The standard InChI is InChI=1S/C14H21O6P/c1-2-3-4-5-6-11-19-14(15)12-7-9-13(10-8-12)20-21(16,17)18/h7-10H,2-6,11H2,1H3,(H2,16,17,18). The quantitative estimate of drug-likeness (QED) is 0.412. The van der Waals surface area contributed by atoms with Crippen molar-refractivity contribution < 1.29 is 28.4 Å². The van der Waals surface area contributed by atoms with Gasteiger partial charge < -0.3 is 9.26 Å². The molecule has 0 saturated carbocycles. The zero-order valence-electron chi connectivity index (χ0n) is 12.0. The Balaban J connectivity index is 2.36. The Morgan fingerprint density at radius 3 is 2.29 bits per heavy atom. The van der Waals surface area contributed by atoms with Crippen molar-refractivity contribution in [2.24, 2.45) is 0 Å². The van der Waals surface area contributed by atoms with Gasteiger partial charge in [0.25, 0.3) is 0 Å². The lowest BCUT2D eigenvalue weighted by Gasteiger charge is -2.08. The third-order valence-electron chi connectivity index (χ3n) is 2.80. The van der Waals surface area contributed by atoms with Crippen molar-refractivity contribution >= 4 is 13.8 Å². The van der Waals surface area contributed by atoms with Gasteiger partial charge in [-0.15, -0.1) is 0 Å². The normalized spacial score (nSPS) is 11.2. The van der Waals surface area contributed by atoms with E-state index in [2.05, 4.69) is 11.4 Å². The van der Waals surface area contributed by atoms with Crippen LogP contribution in [0.4, 0.5) is 0 Å². The number of ether oxygens (including phenoxy) is 1. The summed E-state index contributed by atoms with van der Waals surface area (Å²) in [5.74, 6) is -0.451. The molecule has 1 rings (SSSR count). The number of phosphoric ester groups is 1. The molecule has 118 valence electrons. The van der Waals surface area contributed by atoms with Crippen LogP contribution in [0.5, 0.6) is 5.75 Å². The Bertz CT molecular complexity index is 479. The van der Waals surface area contributed by atoms with Gasteiger partial charge in [-0.3, -0.25) is 9.79 Å². The average molecular weight is 316 g/mol. The summed E-state index contributed by atoms with van der Waals surface area (Å²) in [6.45, 7) is 2.52. The van der Waals surface area contributed by atoms with Gasteiger partial charge in [0.05, 0.1) is 12.2 Å². The van der Waals surface area contributed by atoms with Gasteiger partial charge in [-0.2, -0.15) is 0 Å². The zero-order chi connectivity index (χ0) is 15.7. The van der Waals surface area contributed by atoms with Crippen molar-refractivity contribution in [3.8, 4) is 5.75 Å². The molecule has 0 spiro atoms. The SMILES string of the molecule is CCCCCCCOC(=O)c1ccc(OP(=O)(O)O)cc1. The molecule has 0 aliphatic heterocycles. The number of hydrogen-bond acceptors (Lipinski definition) is 4. The monoisotopic (exact) mass is 316 g/mol. The number of phosphoric acid groups is 1. The maximum absolute atomic E-state index is 11.7. The van der Waals surface area contributed by atoms with Crippen molar-refractivity contribution in [1.82, 2.24) is 0 Å². The van der Waals surface area contributed by atoms with Crippen LogP contribution in [0, 0.1) is 0 Å². The molecule has 0 fully saturated rings.